The van der Waals surface area contributed by atoms with E-state index in [0.717, 1.165) is 0 Å². The van der Waals surface area contributed by atoms with E-state index in [9.17, 15) is 0 Å². The minimum absolute atomic E-state index is 0.0547. The third kappa shape index (κ3) is 5.47. The highest BCUT2D eigenvalue weighted by molar-refractivity contribution is 4.70. The van der Waals surface area contributed by atoms with Crippen molar-refractivity contribution in [3.63, 3.8) is 0 Å². The molecule has 90 valence electrons. The molecule has 0 N–H and O–H groups in total. The molecule has 0 amide bonds. The van der Waals surface area contributed by atoms with Gasteiger partial charge in [-0.25, -0.2) is 0 Å². The summed E-state index contributed by atoms with van der Waals surface area (Å²) < 4.78 is 21.8. The summed E-state index contributed by atoms with van der Waals surface area (Å²) in [5, 5.41) is 0. The second-order valence-electron chi connectivity index (χ2n) is 4.45. The lowest BCUT2D eigenvalue weighted by atomic mass is 10.4. The van der Waals surface area contributed by atoms with Crippen LogP contribution in [0.5, 0.6) is 0 Å². The molecular weight excluding hydrogens is 196 g/mol. The van der Waals surface area contributed by atoms with Gasteiger partial charge in [-0.3, -0.25) is 0 Å². The van der Waals surface area contributed by atoms with Gasteiger partial charge >= 0.3 is 0 Å². The first-order valence-electron chi connectivity index (χ1n) is 5.51. The fourth-order valence-electron chi connectivity index (χ4n) is 1.40. The topological polar surface area (TPSA) is 36.9 Å². The highest BCUT2D eigenvalue weighted by Crippen LogP contribution is 2.22. The fraction of sp³-hybridized carbons (Fsp3) is 1.00. The monoisotopic (exact) mass is 218 g/mol. The van der Waals surface area contributed by atoms with Crippen molar-refractivity contribution >= 4 is 0 Å². The SMILES string of the molecule is CC(C)OCCOCC1COC(C)(C)O1. The fourth-order valence-corrected chi connectivity index (χ4v) is 1.40. The van der Waals surface area contributed by atoms with Crippen molar-refractivity contribution in [2.75, 3.05) is 26.4 Å². The molecule has 1 rings (SSSR count). The van der Waals surface area contributed by atoms with Crippen LogP contribution in [0.1, 0.15) is 27.7 Å². The Labute approximate surface area is 91.8 Å². The van der Waals surface area contributed by atoms with Gasteiger partial charge in [-0.15, -0.1) is 0 Å². The predicted octanol–water partition coefficient (Wildman–Crippen LogP) is 1.58. The summed E-state index contributed by atoms with van der Waals surface area (Å²) in [6, 6.07) is 0. The van der Waals surface area contributed by atoms with Crippen LogP contribution in [0.4, 0.5) is 0 Å². The van der Waals surface area contributed by atoms with Crippen molar-refractivity contribution < 1.29 is 18.9 Å². The molecule has 0 bridgehead atoms. The van der Waals surface area contributed by atoms with E-state index in [2.05, 4.69) is 0 Å². The van der Waals surface area contributed by atoms with Crippen molar-refractivity contribution in [2.45, 2.75) is 45.7 Å². The first-order chi connectivity index (χ1) is 6.99. The molecule has 4 heteroatoms. The van der Waals surface area contributed by atoms with Crippen molar-refractivity contribution in [1.82, 2.24) is 0 Å². The summed E-state index contributed by atoms with van der Waals surface area (Å²) in [7, 11) is 0. The third-order valence-corrected chi connectivity index (χ3v) is 2.05. The van der Waals surface area contributed by atoms with Crippen molar-refractivity contribution in [3.05, 3.63) is 0 Å². The molecule has 0 aliphatic carbocycles. The second kappa shape index (κ2) is 5.80. The van der Waals surface area contributed by atoms with Gasteiger partial charge in [-0.05, 0) is 27.7 Å². The van der Waals surface area contributed by atoms with E-state index in [-0.39, 0.29) is 12.2 Å². The van der Waals surface area contributed by atoms with Crippen LogP contribution in [0, 0.1) is 0 Å². The molecule has 0 aromatic rings. The summed E-state index contributed by atoms with van der Waals surface area (Å²) in [5.41, 5.74) is 0. The molecule has 0 radical (unpaired) electrons. The summed E-state index contributed by atoms with van der Waals surface area (Å²) in [5.74, 6) is -0.456. The van der Waals surface area contributed by atoms with E-state index in [4.69, 9.17) is 18.9 Å². The molecule has 1 heterocycles. The summed E-state index contributed by atoms with van der Waals surface area (Å²) in [6.45, 7) is 10.3. The van der Waals surface area contributed by atoms with Gasteiger partial charge in [0.05, 0.1) is 32.5 Å². The normalized spacial score (nSPS) is 25.0. The van der Waals surface area contributed by atoms with Gasteiger partial charge in [0.2, 0.25) is 0 Å². The number of hydrogen-bond acceptors (Lipinski definition) is 4. The van der Waals surface area contributed by atoms with Gasteiger partial charge < -0.3 is 18.9 Å². The molecule has 1 fully saturated rings. The van der Waals surface area contributed by atoms with Gasteiger partial charge in [0, 0.05) is 0 Å². The average Bonchev–Trinajstić information content (AvgIpc) is 2.44. The Bertz CT molecular complexity index is 179. The van der Waals surface area contributed by atoms with E-state index in [1.807, 2.05) is 27.7 Å². The highest BCUT2D eigenvalue weighted by atomic mass is 16.7. The van der Waals surface area contributed by atoms with Crippen LogP contribution in [0.25, 0.3) is 0 Å². The van der Waals surface area contributed by atoms with Crippen LogP contribution in [0.3, 0.4) is 0 Å². The van der Waals surface area contributed by atoms with Gasteiger partial charge in [-0.1, -0.05) is 0 Å². The molecule has 0 saturated carbocycles. The molecule has 1 saturated heterocycles. The Morgan fingerprint density at radius 2 is 2.07 bits per heavy atom. The molecule has 0 aromatic heterocycles. The molecule has 0 spiro atoms. The third-order valence-electron chi connectivity index (χ3n) is 2.05. The van der Waals surface area contributed by atoms with Gasteiger partial charge in [0.15, 0.2) is 5.79 Å². The smallest absolute Gasteiger partial charge is 0.163 e. The van der Waals surface area contributed by atoms with Crippen LogP contribution in [0.2, 0.25) is 0 Å². The quantitative estimate of drug-likeness (QED) is 0.634. The number of hydrogen-bond donors (Lipinski definition) is 0. The molecule has 0 aromatic carbocycles. The lowest BCUT2D eigenvalue weighted by Gasteiger charge is -2.17. The largest absolute Gasteiger partial charge is 0.376 e. The minimum Gasteiger partial charge on any atom is -0.376 e. The summed E-state index contributed by atoms with van der Waals surface area (Å²) in [6.07, 6.45) is 0.317. The van der Waals surface area contributed by atoms with Crippen molar-refractivity contribution in [2.24, 2.45) is 0 Å². The van der Waals surface area contributed by atoms with Crippen LogP contribution in [-0.4, -0.2) is 44.4 Å². The van der Waals surface area contributed by atoms with E-state index < -0.39 is 5.79 Å². The molecule has 1 aliphatic heterocycles. The van der Waals surface area contributed by atoms with Crippen LogP contribution >= 0.6 is 0 Å². The second-order valence-corrected chi connectivity index (χ2v) is 4.45. The predicted molar refractivity (Wildman–Crippen MR) is 56.8 cm³/mol. The van der Waals surface area contributed by atoms with Crippen LogP contribution in [0.15, 0.2) is 0 Å². The maximum absolute atomic E-state index is 5.59. The van der Waals surface area contributed by atoms with E-state index in [1.54, 1.807) is 0 Å². The molecule has 1 aliphatic rings. The van der Waals surface area contributed by atoms with Gasteiger partial charge in [0.25, 0.3) is 0 Å². The maximum Gasteiger partial charge on any atom is 0.163 e. The standard InChI is InChI=1S/C11H22O4/c1-9(2)13-6-5-12-7-10-8-14-11(3,4)15-10/h9-10H,5-8H2,1-4H3. The zero-order valence-corrected chi connectivity index (χ0v) is 10.1. The van der Waals surface area contributed by atoms with Crippen LogP contribution in [-0.2, 0) is 18.9 Å². The van der Waals surface area contributed by atoms with E-state index in [1.165, 1.54) is 0 Å². The Balaban J connectivity index is 1.97. The zero-order valence-electron chi connectivity index (χ0n) is 10.1. The lowest BCUT2D eigenvalue weighted by Crippen LogP contribution is -2.24. The van der Waals surface area contributed by atoms with E-state index in [0.29, 0.717) is 26.4 Å². The minimum atomic E-state index is -0.456. The lowest BCUT2D eigenvalue weighted by molar-refractivity contribution is -0.145. The Morgan fingerprint density at radius 1 is 1.33 bits per heavy atom. The first-order valence-corrected chi connectivity index (χ1v) is 5.51. The maximum atomic E-state index is 5.59. The number of ether oxygens (including phenoxy) is 4. The highest BCUT2D eigenvalue weighted by Gasteiger charge is 2.32. The molecule has 1 unspecified atom stereocenters. The van der Waals surface area contributed by atoms with E-state index >= 15 is 0 Å². The van der Waals surface area contributed by atoms with Crippen LogP contribution < -0.4 is 0 Å². The Kier molecular flexibility index (Phi) is 4.99. The zero-order chi connectivity index (χ0) is 11.3. The van der Waals surface area contributed by atoms with Crippen molar-refractivity contribution in [1.29, 1.82) is 0 Å². The average molecular weight is 218 g/mol. The van der Waals surface area contributed by atoms with Gasteiger partial charge in [0.1, 0.15) is 6.10 Å². The number of rotatable bonds is 6. The van der Waals surface area contributed by atoms with Crippen molar-refractivity contribution in [3.8, 4) is 0 Å². The molecule has 15 heavy (non-hydrogen) atoms. The Hall–Kier alpha value is -0.160. The molecular formula is C11H22O4. The van der Waals surface area contributed by atoms with Gasteiger partial charge in [-0.2, -0.15) is 0 Å². The molecule has 4 nitrogen and oxygen atoms in total. The molecule has 1 atom stereocenters. The first kappa shape index (κ1) is 12.9. The Morgan fingerprint density at radius 3 is 2.60 bits per heavy atom. The summed E-state index contributed by atoms with van der Waals surface area (Å²) in [4.78, 5) is 0. The summed E-state index contributed by atoms with van der Waals surface area (Å²) >= 11 is 0.